The molecule has 4 heterocycles. The molecule has 0 spiro atoms. The number of aromatic nitrogens is 3. The van der Waals surface area contributed by atoms with E-state index in [1.807, 2.05) is 45.0 Å². The molecule has 0 radical (unpaired) electrons. The number of ether oxygens (including phenoxy) is 4. The van der Waals surface area contributed by atoms with E-state index >= 15 is 0 Å². The van der Waals surface area contributed by atoms with E-state index in [0.29, 0.717) is 18.4 Å². The summed E-state index contributed by atoms with van der Waals surface area (Å²) in [5.74, 6) is -0.706. The van der Waals surface area contributed by atoms with Crippen molar-refractivity contribution >= 4 is 34.2 Å². The van der Waals surface area contributed by atoms with Crippen molar-refractivity contribution < 1.29 is 18.9 Å². The Morgan fingerprint density at radius 1 is 1.09 bits per heavy atom. The third-order valence-corrected chi connectivity index (χ3v) is 5.77. The SMILES string of the molecule is CC1COC(C2OCCCc3cc(Cl)ccc32)OC(C)(C)O1.Clc1ncnc2[nH]ccc12. The second-order valence-corrected chi connectivity index (χ2v) is 9.08. The number of aryl methyl sites for hydroxylation is 1. The number of nitrogens with one attached hydrogen (secondary N) is 1. The largest absolute Gasteiger partial charge is 0.368 e. The summed E-state index contributed by atoms with van der Waals surface area (Å²) in [6, 6.07) is 7.77. The number of H-pyrrole nitrogens is 1. The second kappa shape index (κ2) is 10.0. The summed E-state index contributed by atoms with van der Waals surface area (Å²) in [6.45, 7) is 6.96. The third-order valence-electron chi connectivity index (χ3n) is 5.23. The molecule has 0 amide bonds. The van der Waals surface area contributed by atoms with Crippen LogP contribution in [0.15, 0.2) is 36.8 Å². The van der Waals surface area contributed by atoms with Crippen LogP contribution in [0.5, 0.6) is 0 Å². The van der Waals surface area contributed by atoms with E-state index in [1.165, 1.54) is 11.9 Å². The molecular weight excluding hydrogens is 453 g/mol. The van der Waals surface area contributed by atoms with Crippen molar-refractivity contribution in [3.8, 4) is 0 Å². The lowest BCUT2D eigenvalue weighted by Gasteiger charge is -2.31. The van der Waals surface area contributed by atoms with Crippen LogP contribution in [-0.2, 0) is 25.4 Å². The van der Waals surface area contributed by atoms with Crippen LogP contribution in [0.3, 0.4) is 0 Å². The van der Waals surface area contributed by atoms with Crippen LogP contribution >= 0.6 is 23.2 Å². The van der Waals surface area contributed by atoms with Gasteiger partial charge in [-0.05, 0) is 62.9 Å². The van der Waals surface area contributed by atoms with Gasteiger partial charge in [0.1, 0.15) is 23.2 Å². The van der Waals surface area contributed by atoms with Gasteiger partial charge in [0.2, 0.25) is 0 Å². The number of hydrogen-bond donors (Lipinski definition) is 1. The highest BCUT2D eigenvalue weighted by molar-refractivity contribution is 6.33. The lowest BCUT2D eigenvalue weighted by molar-refractivity contribution is -0.292. The van der Waals surface area contributed by atoms with E-state index in [0.717, 1.165) is 34.5 Å². The molecule has 172 valence electrons. The van der Waals surface area contributed by atoms with Gasteiger partial charge in [0.25, 0.3) is 0 Å². The van der Waals surface area contributed by atoms with E-state index < -0.39 is 12.1 Å². The van der Waals surface area contributed by atoms with Crippen molar-refractivity contribution in [3.63, 3.8) is 0 Å². The van der Waals surface area contributed by atoms with E-state index in [2.05, 4.69) is 15.0 Å². The molecule has 0 aliphatic carbocycles. The molecule has 2 aliphatic heterocycles. The first-order valence-corrected chi connectivity index (χ1v) is 11.4. The number of fused-ring (bicyclic) bond motifs is 2. The van der Waals surface area contributed by atoms with Crippen LogP contribution in [0, 0.1) is 0 Å². The topological polar surface area (TPSA) is 78.5 Å². The van der Waals surface area contributed by atoms with Gasteiger partial charge in [-0.3, -0.25) is 0 Å². The fraction of sp³-hybridized carbons (Fsp3) is 0.478. The lowest BCUT2D eigenvalue weighted by Crippen LogP contribution is -2.36. The Morgan fingerprint density at radius 3 is 2.75 bits per heavy atom. The third kappa shape index (κ3) is 5.60. The average molecular weight is 480 g/mol. The van der Waals surface area contributed by atoms with Crippen molar-refractivity contribution in [2.45, 2.75) is 57.9 Å². The highest BCUT2D eigenvalue weighted by Crippen LogP contribution is 2.36. The van der Waals surface area contributed by atoms with E-state index in [1.54, 1.807) is 6.20 Å². The van der Waals surface area contributed by atoms with Crippen LogP contribution in [0.1, 0.15) is 44.4 Å². The fourth-order valence-electron chi connectivity index (χ4n) is 3.94. The molecule has 5 rings (SSSR count). The number of nitrogens with zero attached hydrogens (tertiary/aromatic N) is 2. The van der Waals surface area contributed by atoms with Gasteiger partial charge < -0.3 is 23.9 Å². The Morgan fingerprint density at radius 2 is 1.94 bits per heavy atom. The predicted octanol–water partition coefficient (Wildman–Crippen LogP) is 5.47. The molecular formula is C23H27Cl2N3O4. The highest BCUT2D eigenvalue weighted by Gasteiger charge is 2.38. The van der Waals surface area contributed by atoms with E-state index in [-0.39, 0.29) is 12.2 Å². The fourth-order valence-corrected chi connectivity index (χ4v) is 4.33. The molecule has 1 saturated heterocycles. The molecule has 2 aromatic heterocycles. The number of rotatable bonds is 1. The monoisotopic (exact) mass is 479 g/mol. The van der Waals surface area contributed by atoms with Crippen molar-refractivity contribution in [1.82, 2.24) is 15.0 Å². The van der Waals surface area contributed by atoms with Crippen molar-refractivity contribution in [2.24, 2.45) is 0 Å². The molecule has 2 aliphatic rings. The molecule has 3 atom stereocenters. The molecule has 0 saturated carbocycles. The van der Waals surface area contributed by atoms with E-state index in [4.69, 9.17) is 42.1 Å². The first-order chi connectivity index (χ1) is 15.3. The zero-order valence-corrected chi connectivity index (χ0v) is 19.8. The predicted molar refractivity (Wildman–Crippen MR) is 123 cm³/mol. The minimum atomic E-state index is -0.706. The first-order valence-electron chi connectivity index (χ1n) is 10.6. The van der Waals surface area contributed by atoms with Crippen LogP contribution in [0.4, 0.5) is 0 Å². The van der Waals surface area contributed by atoms with Crippen LogP contribution in [-0.4, -0.2) is 46.3 Å². The maximum atomic E-state index is 6.13. The summed E-state index contributed by atoms with van der Waals surface area (Å²) in [5, 5.41) is 2.11. The molecule has 7 nitrogen and oxygen atoms in total. The number of hydrogen-bond acceptors (Lipinski definition) is 6. The molecule has 9 heteroatoms. The Balaban J connectivity index is 0.000000203. The van der Waals surface area contributed by atoms with Crippen molar-refractivity contribution in [2.75, 3.05) is 13.2 Å². The van der Waals surface area contributed by atoms with Crippen molar-refractivity contribution in [1.29, 1.82) is 0 Å². The minimum absolute atomic E-state index is 0.0181. The summed E-state index contributed by atoms with van der Waals surface area (Å²) in [6.07, 6.45) is 4.37. The summed E-state index contributed by atoms with van der Waals surface area (Å²) in [5.41, 5.74) is 3.08. The molecule has 1 aromatic carbocycles. The average Bonchev–Trinajstić information content (AvgIpc) is 3.06. The van der Waals surface area contributed by atoms with Gasteiger partial charge in [-0.15, -0.1) is 0 Å². The number of benzene rings is 1. The lowest BCUT2D eigenvalue weighted by atomic mass is 9.99. The Hall–Kier alpha value is -1.74. The summed E-state index contributed by atoms with van der Waals surface area (Å²) < 4.78 is 23.9. The van der Waals surface area contributed by atoms with Crippen LogP contribution in [0.25, 0.3) is 11.0 Å². The van der Waals surface area contributed by atoms with E-state index in [9.17, 15) is 0 Å². The van der Waals surface area contributed by atoms with Crippen LogP contribution in [0.2, 0.25) is 10.2 Å². The summed E-state index contributed by atoms with van der Waals surface area (Å²) in [7, 11) is 0. The second-order valence-electron chi connectivity index (χ2n) is 8.29. The zero-order chi connectivity index (χ0) is 22.7. The van der Waals surface area contributed by atoms with Gasteiger partial charge in [-0.25, -0.2) is 9.97 Å². The number of halogens is 2. The zero-order valence-electron chi connectivity index (χ0n) is 18.3. The smallest absolute Gasteiger partial charge is 0.191 e. The van der Waals surface area contributed by atoms with Gasteiger partial charge in [0.05, 0.1) is 18.1 Å². The molecule has 32 heavy (non-hydrogen) atoms. The Bertz CT molecular complexity index is 1060. The highest BCUT2D eigenvalue weighted by atomic mass is 35.5. The van der Waals surface area contributed by atoms with Crippen molar-refractivity contribution in [3.05, 3.63) is 58.1 Å². The van der Waals surface area contributed by atoms with Gasteiger partial charge in [-0.1, -0.05) is 29.3 Å². The quantitative estimate of drug-likeness (QED) is 0.466. The normalized spacial score (nSPS) is 25.2. The standard InChI is InChI=1S/C17H23ClO4.C6H4ClN3/c1-11-10-20-16(22-17(2,3)21-11)15-14-7-6-13(18)9-12(14)5-4-8-19-15;7-5-4-1-2-8-6(4)10-3-9-5/h6-7,9,11,15-16H,4-5,8,10H2,1-3H3;1-3H,(H,8,9,10). The molecule has 1 fully saturated rings. The molecule has 3 unspecified atom stereocenters. The Labute approximate surface area is 197 Å². The Kier molecular flexibility index (Phi) is 7.34. The first kappa shape index (κ1) is 23.4. The van der Waals surface area contributed by atoms with Gasteiger partial charge >= 0.3 is 0 Å². The van der Waals surface area contributed by atoms with Gasteiger partial charge in [-0.2, -0.15) is 0 Å². The summed E-state index contributed by atoms with van der Waals surface area (Å²) >= 11 is 11.9. The molecule has 3 aromatic rings. The van der Waals surface area contributed by atoms with Gasteiger partial charge in [0.15, 0.2) is 12.1 Å². The van der Waals surface area contributed by atoms with Gasteiger partial charge in [0, 0.05) is 17.8 Å². The molecule has 0 bridgehead atoms. The van der Waals surface area contributed by atoms with Crippen LogP contribution < -0.4 is 0 Å². The minimum Gasteiger partial charge on any atom is -0.368 e. The summed E-state index contributed by atoms with van der Waals surface area (Å²) in [4.78, 5) is 10.7. The number of aromatic amines is 1. The maximum absolute atomic E-state index is 6.13. The molecule has 1 N–H and O–H groups in total. The maximum Gasteiger partial charge on any atom is 0.191 e.